The van der Waals surface area contributed by atoms with E-state index in [9.17, 15) is 9.59 Å². The maximum atomic E-state index is 11.4. The molecular formula is C8H7Cl2NO3. The summed E-state index contributed by atoms with van der Waals surface area (Å²) in [5, 5.41) is 1.53. The number of ether oxygens (including phenoxy) is 1. The summed E-state index contributed by atoms with van der Waals surface area (Å²) >= 11 is 12.0. The minimum atomic E-state index is -0.426. The number of imide groups is 1. The average Bonchev–Trinajstić information content (AvgIpc) is 2.71. The molecule has 0 radical (unpaired) electrons. The van der Waals surface area contributed by atoms with Crippen molar-refractivity contribution in [2.45, 2.75) is 23.0 Å². The first-order chi connectivity index (χ1) is 6.61. The maximum Gasteiger partial charge on any atom is 0.233 e. The van der Waals surface area contributed by atoms with Crippen molar-refractivity contribution in [3.8, 4) is 0 Å². The number of hydrogen-bond acceptors (Lipinski definition) is 3. The van der Waals surface area contributed by atoms with Crippen molar-refractivity contribution in [1.29, 1.82) is 0 Å². The fourth-order valence-corrected chi connectivity index (χ4v) is 3.30. The molecule has 6 atom stereocenters. The number of fused-ring (bicyclic) bond motifs is 5. The molecule has 0 spiro atoms. The number of nitrogens with one attached hydrogen (secondary N) is 1. The summed E-state index contributed by atoms with van der Waals surface area (Å²) < 4.78 is 5.46. The number of hydrogen-bond donors (Lipinski definition) is 1. The van der Waals surface area contributed by atoms with Crippen LogP contribution in [0.4, 0.5) is 0 Å². The van der Waals surface area contributed by atoms with Crippen LogP contribution in [0.25, 0.3) is 0 Å². The van der Waals surface area contributed by atoms with Crippen LogP contribution in [0.1, 0.15) is 0 Å². The zero-order valence-corrected chi connectivity index (χ0v) is 8.46. The lowest BCUT2D eigenvalue weighted by atomic mass is 9.80. The van der Waals surface area contributed by atoms with Crippen LogP contribution in [-0.4, -0.2) is 34.8 Å². The Balaban J connectivity index is 2.01. The van der Waals surface area contributed by atoms with Gasteiger partial charge >= 0.3 is 0 Å². The highest BCUT2D eigenvalue weighted by molar-refractivity contribution is 6.31. The standard InChI is InChI=1S/C8H7Cl2NO3/c9-3-4(10)6-2-1(5(3)14-6)7(12)11-8(2)13/h1-6H,(H,11,12,13)/t1-,2-,3-,4+,5+,6+/m0/s1. The molecule has 0 aromatic rings. The van der Waals surface area contributed by atoms with E-state index >= 15 is 0 Å². The summed E-state index contributed by atoms with van der Waals surface area (Å²) in [4.78, 5) is 22.8. The largest absolute Gasteiger partial charge is 0.370 e. The van der Waals surface area contributed by atoms with Crippen molar-refractivity contribution in [3.05, 3.63) is 0 Å². The molecule has 3 fully saturated rings. The average molecular weight is 236 g/mol. The monoisotopic (exact) mass is 235 g/mol. The molecule has 0 unspecified atom stereocenters. The molecule has 3 aliphatic rings. The van der Waals surface area contributed by atoms with Crippen LogP contribution in [0.5, 0.6) is 0 Å². The highest BCUT2D eigenvalue weighted by Gasteiger charge is 2.66. The Labute approximate surface area is 89.9 Å². The van der Waals surface area contributed by atoms with Gasteiger partial charge in [-0.3, -0.25) is 14.9 Å². The third-order valence-corrected chi connectivity index (χ3v) is 4.36. The third-order valence-electron chi connectivity index (χ3n) is 3.19. The Hall–Kier alpha value is -0.320. The Kier molecular flexibility index (Phi) is 1.68. The molecule has 2 bridgehead atoms. The molecule has 3 aliphatic heterocycles. The van der Waals surface area contributed by atoms with E-state index in [4.69, 9.17) is 27.9 Å². The summed E-state index contributed by atoms with van der Waals surface area (Å²) in [7, 11) is 0. The van der Waals surface area contributed by atoms with E-state index in [1.807, 2.05) is 0 Å². The zero-order valence-electron chi connectivity index (χ0n) is 6.94. The van der Waals surface area contributed by atoms with Crippen LogP contribution >= 0.6 is 23.2 Å². The van der Waals surface area contributed by atoms with E-state index in [1.165, 1.54) is 0 Å². The second-order valence-electron chi connectivity index (χ2n) is 3.86. The summed E-state index contributed by atoms with van der Waals surface area (Å²) in [6.45, 7) is 0. The highest BCUT2D eigenvalue weighted by Crippen LogP contribution is 2.49. The van der Waals surface area contributed by atoms with Crippen LogP contribution in [0, 0.1) is 11.8 Å². The molecule has 3 rings (SSSR count). The fourth-order valence-electron chi connectivity index (χ4n) is 2.58. The molecule has 0 aliphatic carbocycles. The van der Waals surface area contributed by atoms with Gasteiger partial charge in [0.05, 0.1) is 34.8 Å². The van der Waals surface area contributed by atoms with Gasteiger partial charge in [-0.15, -0.1) is 23.2 Å². The van der Waals surface area contributed by atoms with Crippen molar-refractivity contribution < 1.29 is 14.3 Å². The van der Waals surface area contributed by atoms with Crippen molar-refractivity contribution in [2.75, 3.05) is 0 Å². The second-order valence-corrected chi connectivity index (χ2v) is 4.87. The first kappa shape index (κ1) is 8.95. The van der Waals surface area contributed by atoms with Gasteiger partial charge in [0.15, 0.2) is 0 Å². The molecule has 0 aromatic carbocycles. The Morgan fingerprint density at radius 2 is 1.43 bits per heavy atom. The van der Waals surface area contributed by atoms with Gasteiger partial charge < -0.3 is 4.74 Å². The number of halogens is 2. The van der Waals surface area contributed by atoms with Gasteiger partial charge in [0.1, 0.15) is 0 Å². The lowest BCUT2D eigenvalue weighted by Crippen LogP contribution is -2.42. The number of carbonyl (C=O) groups excluding carboxylic acids is 2. The SMILES string of the molecule is O=C1NC(=O)[C@@H]2[C@H]3O[C@@H]([C@H](Cl)[C@@H]3Cl)[C@@H]12. The van der Waals surface area contributed by atoms with E-state index in [0.717, 1.165) is 0 Å². The van der Waals surface area contributed by atoms with Gasteiger partial charge in [-0.2, -0.15) is 0 Å². The van der Waals surface area contributed by atoms with E-state index in [0.29, 0.717) is 0 Å². The Morgan fingerprint density at radius 3 is 1.86 bits per heavy atom. The molecule has 76 valence electrons. The smallest absolute Gasteiger partial charge is 0.233 e. The summed E-state index contributed by atoms with van der Waals surface area (Å²) in [5.41, 5.74) is 0. The number of amides is 2. The lowest BCUT2D eigenvalue weighted by molar-refractivity contribution is -0.128. The minimum Gasteiger partial charge on any atom is -0.370 e. The molecule has 1 N–H and O–H groups in total. The van der Waals surface area contributed by atoms with Crippen LogP contribution in [0.2, 0.25) is 0 Å². The van der Waals surface area contributed by atoms with Gasteiger partial charge in [0.2, 0.25) is 11.8 Å². The molecule has 14 heavy (non-hydrogen) atoms. The van der Waals surface area contributed by atoms with Crippen LogP contribution in [0.15, 0.2) is 0 Å². The molecule has 6 heteroatoms. The fraction of sp³-hybridized carbons (Fsp3) is 0.750. The maximum absolute atomic E-state index is 11.4. The third kappa shape index (κ3) is 0.846. The normalized spacial score (nSPS) is 55.0. The first-order valence-corrected chi connectivity index (χ1v) is 5.27. The van der Waals surface area contributed by atoms with Crippen molar-refractivity contribution >= 4 is 35.0 Å². The number of rotatable bonds is 0. The molecular weight excluding hydrogens is 229 g/mol. The molecule has 0 aromatic heterocycles. The summed E-state index contributed by atoms with van der Waals surface area (Å²) in [5.74, 6) is -1.40. The Morgan fingerprint density at radius 1 is 1.00 bits per heavy atom. The van der Waals surface area contributed by atoms with Gasteiger partial charge in [-0.1, -0.05) is 0 Å². The van der Waals surface area contributed by atoms with Gasteiger partial charge in [0.25, 0.3) is 0 Å². The molecule has 0 saturated carbocycles. The minimum absolute atomic E-state index is 0.276. The van der Waals surface area contributed by atoms with Crippen LogP contribution in [-0.2, 0) is 14.3 Å². The van der Waals surface area contributed by atoms with Crippen molar-refractivity contribution in [1.82, 2.24) is 5.32 Å². The number of alkyl halides is 2. The zero-order chi connectivity index (χ0) is 10.0. The number of carbonyl (C=O) groups is 2. The molecule has 3 saturated heterocycles. The van der Waals surface area contributed by atoms with Crippen molar-refractivity contribution in [2.24, 2.45) is 11.8 Å². The highest BCUT2D eigenvalue weighted by atomic mass is 35.5. The summed E-state index contributed by atoms with van der Waals surface area (Å²) in [6, 6.07) is 0. The van der Waals surface area contributed by atoms with Crippen LogP contribution in [0.3, 0.4) is 0 Å². The van der Waals surface area contributed by atoms with E-state index in [1.54, 1.807) is 0 Å². The van der Waals surface area contributed by atoms with Gasteiger partial charge in [0, 0.05) is 0 Å². The predicted octanol–water partition coefficient (Wildman–Crippen LogP) is -0.129. The second kappa shape index (κ2) is 2.62. The van der Waals surface area contributed by atoms with Gasteiger partial charge in [-0.25, -0.2) is 0 Å². The van der Waals surface area contributed by atoms with E-state index in [-0.39, 0.29) is 22.6 Å². The van der Waals surface area contributed by atoms with E-state index < -0.39 is 24.0 Å². The van der Waals surface area contributed by atoms with Crippen LogP contribution < -0.4 is 5.32 Å². The van der Waals surface area contributed by atoms with E-state index in [2.05, 4.69) is 5.32 Å². The topological polar surface area (TPSA) is 55.4 Å². The molecule has 4 nitrogen and oxygen atoms in total. The molecule has 3 heterocycles. The Bertz CT molecular complexity index is 305. The first-order valence-electron chi connectivity index (χ1n) is 4.39. The lowest BCUT2D eigenvalue weighted by Gasteiger charge is -2.24. The van der Waals surface area contributed by atoms with Crippen molar-refractivity contribution in [3.63, 3.8) is 0 Å². The summed E-state index contributed by atoms with van der Waals surface area (Å²) in [6.07, 6.45) is -0.804. The molecule has 2 amide bonds. The van der Waals surface area contributed by atoms with Gasteiger partial charge in [-0.05, 0) is 0 Å². The quantitative estimate of drug-likeness (QED) is 0.471. The predicted molar refractivity (Wildman–Crippen MR) is 48.1 cm³/mol.